The predicted molar refractivity (Wildman–Crippen MR) is 129 cm³/mol. The van der Waals surface area contributed by atoms with Crippen LogP contribution >= 0.6 is 24.0 Å². The van der Waals surface area contributed by atoms with Crippen molar-refractivity contribution < 1.29 is 9.18 Å². The lowest BCUT2D eigenvalue weighted by atomic mass is 9.93. The summed E-state index contributed by atoms with van der Waals surface area (Å²) in [6, 6.07) is 6.66. The number of aliphatic imine (C=N–C) groups is 1. The van der Waals surface area contributed by atoms with Crippen LogP contribution in [-0.2, 0) is 4.79 Å². The number of benzene rings is 1. The van der Waals surface area contributed by atoms with Crippen molar-refractivity contribution in [1.82, 2.24) is 15.5 Å². The molecule has 1 aromatic carbocycles. The van der Waals surface area contributed by atoms with Crippen molar-refractivity contribution in [2.75, 3.05) is 51.7 Å². The summed E-state index contributed by atoms with van der Waals surface area (Å²) in [6.45, 7) is 6.31. The molecule has 1 fully saturated rings. The number of halogens is 2. The first-order valence-corrected chi connectivity index (χ1v) is 10.2. The molecular formula is C21H35FIN5O. The van der Waals surface area contributed by atoms with Crippen molar-refractivity contribution in [2.45, 2.75) is 32.6 Å². The number of nitrogens with one attached hydrogen (secondary N) is 2. The maximum atomic E-state index is 13.3. The van der Waals surface area contributed by atoms with Crippen LogP contribution in [0.1, 0.15) is 32.6 Å². The summed E-state index contributed by atoms with van der Waals surface area (Å²) in [4.78, 5) is 20.7. The maximum absolute atomic E-state index is 13.3. The Morgan fingerprint density at radius 1 is 1.34 bits per heavy atom. The van der Waals surface area contributed by atoms with Crippen LogP contribution in [0.5, 0.6) is 0 Å². The summed E-state index contributed by atoms with van der Waals surface area (Å²) in [5.74, 6) is 1.33. The van der Waals surface area contributed by atoms with E-state index in [0.717, 1.165) is 63.6 Å². The Morgan fingerprint density at radius 3 is 2.69 bits per heavy atom. The molecule has 0 radical (unpaired) electrons. The van der Waals surface area contributed by atoms with Crippen LogP contribution in [0.3, 0.4) is 0 Å². The van der Waals surface area contributed by atoms with E-state index in [1.807, 2.05) is 13.1 Å². The second-order valence-electron chi connectivity index (χ2n) is 7.30. The fourth-order valence-corrected chi connectivity index (χ4v) is 3.47. The molecule has 8 heteroatoms. The Kier molecular flexibility index (Phi) is 11.9. The third-order valence-corrected chi connectivity index (χ3v) is 5.16. The highest BCUT2D eigenvalue weighted by Crippen LogP contribution is 2.20. The molecule has 1 aromatic rings. The number of rotatable bonds is 8. The van der Waals surface area contributed by atoms with Crippen LogP contribution in [-0.4, -0.2) is 63.6 Å². The topological polar surface area (TPSA) is 60.0 Å². The van der Waals surface area contributed by atoms with E-state index in [1.54, 1.807) is 19.2 Å². The molecule has 1 amide bonds. The Bertz CT molecular complexity index is 650. The van der Waals surface area contributed by atoms with Crippen molar-refractivity contribution >= 4 is 41.5 Å². The molecule has 0 bridgehead atoms. The fourth-order valence-electron chi connectivity index (χ4n) is 3.47. The number of carbonyl (C=O) groups excluding carboxylic acids is 1. The minimum Gasteiger partial charge on any atom is -0.374 e. The number of anilines is 1. The molecule has 29 heavy (non-hydrogen) atoms. The maximum Gasteiger partial charge on any atom is 0.220 e. The molecule has 0 atom stereocenters. The number of piperidine rings is 1. The molecule has 164 valence electrons. The lowest BCUT2D eigenvalue weighted by Crippen LogP contribution is -2.46. The van der Waals surface area contributed by atoms with E-state index < -0.39 is 0 Å². The van der Waals surface area contributed by atoms with Gasteiger partial charge in [-0.05, 0) is 50.3 Å². The average Bonchev–Trinajstić information content (AvgIpc) is 2.70. The number of likely N-dealkylation sites (tertiary alicyclic amines) is 1. The van der Waals surface area contributed by atoms with Crippen molar-refractivity contribution in [2.24, 2.45) is 10.9 Å². The molecule has 0 saturated carbocycles. The van der Waals surface area contributed by atoms with E-state index in [2.05, 4.69) is 27.4 Å². The Morgan fingerprint density at radius 2 is 2.07 bits per heavy atom. The van der Waals surface area contributed by atoms with Gasteiger partial charge in [-0.15, -0.1) is 24.0 Å². The van der Waals surface area contributed by atoms with Crippen molar-refractivity contribution in [3.63, 3.8) is 0 Å². The van der Waals surface area contributed by atoms with E-state index in [9.17, 15) is 9.18 Å². The second kappa shape index (κ2) is 13.6. The third kappa shape index (κ3) is 8.76. The van der Waals surface area contributed by atoms with Crippen LogP contribution in [0.25, 0.3) is 0 Å². The number of amides is 1. The number of hydrogen-bond acceptors (Lipinski definition) is 3. The molecule has 6 nitrogen and oxygen atoms in total. The number of hydrogen-bond donors (Lipinski definition) is 2. The summed E-state index contributed by atoms with van der Waals surface area (Å²) in [6.07, 6.45) is 3.54. The zero-order valence-corrected chi connectivity index (χ0v) is 20.1. The molecule has 0 unspecified atom stereocenters. The number of guanidine groups is 1. The van der Waals surface area contributed by atoms with E-state index in [-0.39, 0.29) is 35.7 Å². The molecule has 0 aromatic heterocycles. The average molecular weight is 519 g/mol. The van der Waals surface area contributed by atoms with Gasteiger partial charge in [-0.3, -0.25) is 9.79 Å². The lowest BCUT2D eigenvalue weighted by molar-refractivity contribution is -0.121. The predicted octanol–water partition coefficient (Wildman–Crippen LogP) is 3.08. The second-order valence-corrected chi connectivity index (χ2v) is 7.30. The zero-order chi connectivity index (χ0) is 20.4. The molecule has 1 aliphatic heterocycles. The first-order valence-electron chi connectivity index (χ1n) is 10.2. The van der Waals surface area contributed by atoms with Gasteiger partial charge in [-0.1, -0.05) is 6.07 Å². The summed E-state index contributed by atoms with van der Waals surface area (Å²) < 4.78 is 13.3. The van der Waals surface area contributed by atoms with E-state index in [0.29, 0.717) is 12.3 Å². The molecule has 2 rings (SSSR count). The van der Waals surface area contributed by atoms with Gasteiger partial charge in [-0.2, -0.15) is 0 Å². The van der Waals surface area contributed by atoms with Gasteiger partial charge in [0.2, 0.25) is 5.91 Å². The highest BCUT2D eigenvalue weighted by Gasteiger charge is 2.22. The Balaban J connectivity index is 0.00000420. The summed E-state index contributed by atoms with van der Waals surface area (Å²) in [5.41, 5.74) is 0.883. The monoisotopic (exact) mass is 519 g/mol. The highest BCUT2D eigenvalue weighted by molar-refractivity contribution is 14.0. The van der Waals surface area contributed by atoms with Gasteiger partial charge in [0, 0.05) is 58.9 Å². The third-order valence-electron chi connectivity index (χ3n) is 5.16. The van der Waals surface area contributed by atoms with Crippen LogP contribution in [0, 0.1) is 11.7 Å². The molecule has 1 saturated heterocycles. The summed E-state index contributed by atoms with van der Waals surface area (Å²) in [5, 5.41) is 6.09. The Labute approximate surface area is 191 Å². The van der Waals surface area contributed by atoms with Gasteiger partial charge >= 0.3 is 0 Å². The SMILES string of the molecule is CCNC(=NCCCN(C)c1cccc(F)c1)N1CCC(CC(=O)NC)CC1.I. The summed E-state index contributed by atoms with van der Waals surface area (Å²) >= 11 is 0. The smallest absolute Gasteiger partial charge is 0.220 e. The zero-order valence-electron chi connectivity index (χ0n) is 17.8. The van der Waals surface area contributed by atoms with Gasteiger partial charge in [0.1, 0.15) is 5.82 Å². The van der Waals surface area contributed by atoms with Gasteiger partial charge in [0.15, 0.2) is 5.96 Å². The van der Waals surface area contributed by atoms with Gasteiger partial charge in [0.05, 0.1) is 0 Å². The first-order chi connectivity index (χ1) is 13.5. The quantitative estimate of drug-likeness (QED) is 0.240. The molecule has 1 heterocycles. The molecule has 1 aliphatic rings. The minimum absolute atomic E-state index is 0. The molecule has 0 spiro atoms. The largest absolute Gasteiger partial charge is 0.374 e. The molecule has 0 aliphatic carbocycles. The normalized spacial score (nSPS) is 14.9. The van der Waals surface area contributed by atoms with Crippen LogP contribution < -0.4 is 15.5 Å². The van der Waals surface area contributed by atoms with Crippen molar-refractivity contribution in [1.29, 1.82) is 0 Å². The standard InChI is InChI=1S/C21H34FN5O.HI/c1-4-24-21(27-13-9-17(10-14-27)15-20(28)23-2)25-11-6-12-26(3)19-8-5-7-18(22)16-19;/h5,7-8,16-17H,4,6,9-15H2,1-3H3,(H,23,28)(H,24,25);1H. The van der Waals surface area contributed by atoms with Crippen molar-refractivity contribution in [3.8, 4) is 0 Å². The van der Waals surface area contributed by atoms with Crippen LogP contribution in [0.2, 0.25) is 0 Å². The van der Waals surface area contributed by atoms with Gasteiger partial charge in [-0.25, -0.2) is 4.39 Å². The molecule has 2 N–H and O–H groups in total. The van der Waals surface area contributed by atoms with E-state index in [1.165, 1.54) is 6.07 Å². The number of carbonyl (C=O) groups is 1. The highest BCUT2D eigenvalue weighted by atomic mass is 127. The Hall–Kier alpha value is -1.58. The van der Waals surface area contributed by atoms with Gasteiger partial charge in [0.25, 0.3) is 0 Å². The van der Waals surface area contributed by atoms with Gasteiger partial charge < -0.3 is 20.4 Å². The first kappa shape index (κ1) is 25.5. The van der Waals surface area contributed by atoms with Crippen LogP contribution in [0.4, 0.5) is 10.1 Å². The molecular weight excluding hydrogens is 484 g/mol. The lowest BCUT2D eigenvalue weighted by Gasteiger charge is -2.34. The summed E-state index contributed by atoms with van der Waals surface area (Å²) in [7, 11) is 3.67. The van der Waals surface area contributed by atoms with Crippen molar-refractivity contribution in [3.05, 3.63) is 30.1 Å². The number of nitrogens with zero attached hydrogens (tertiary/aromatic N) is 3. The van der Waals surface area contributed by atoms with E-state index >= 15 is 0 Å². The minimum atomic E-state index is -0.211. The van der Waals surface area contributed by atoms with Crippen LogP contribution in [0.15, 0.2) is 29.3 Å². The van der Waals surface area contributed by atoms with E-state index in [4.69, 9.17) is 4.99 Å². The fraction of sp³-hybridized carbons (Fsp3) is 0.619.